The fourth-order valence-corrected chi connectivity index (χ4v) is 9.49. The lowest BCUT2D eigenvalue weighted by molar-refractivity contribution is -0.325. The lowest BCUT2D eigenvalue weighted by Gasteiger charge is -2.39. The smallest absolute Gasteiger partial charge is 0.380 e. The minimum absolute atomic E-state index is 0.00768. The number of allylic oxidation sites excluding steroid dienone is 4. The average Bonchev–Trinajstić information content (AvgIpc) is 3.26. The summed E-state index contributed by atoms with van der Waals surface area (Å²) in [4.78, 5) is 14.9. The normalized spacial score (nSPS) is 27.8. The van der Waals surface area contributed by atoms with Crippen molar-refractivity contribution in [2.24, 2.45) is 5.92 Å². The Hall–Kier alpha value is -2.78. The number of amides is 1. The van der Waals surface area contributed by atoms with Gasteiger partial charge in [0.05, 0.1) is 4.90 Å². The Morgan fingerprint density at radius 3 is 2.11 bits per heavy atom. The van der Waals surface area contributed by atoms with E-state index in [-0.39, 0.29) is 61.0 Å². The predicted molar refractivity (Wildman–Crippen MR) is 153 cm³/mol. The number of nitrogens with zero attached hydrogens (tertiary/aromatic N) is 1. The highest BCUT2D eigenvalue weighted by atomic mass is 32.2. The molecule has 1 aliphatic heterocycles. The van der Waals surface area contributed by atoms with Crippen molar-refractivity contribution < 1.29 is 53.4 Å². The molecular formula is C31H36F8N2O4S. The summed E-state index contributed by atoms with van der Waals surface area (Å²) in [6.45, 7) is 5.55. The zero-order valence-electron chi connectivity index (χ0n) is 25.2. The fourth-order valence-electron chi connectivity index (χ4n) is 7.05. The number of hydrogen-bond donors (Lipinski definition) is 2. The quantitative estimate of drug-likeness (QED) is 0.278. The van der Waals surface area contributed by atoms with E-state index in [0.29, 0.717) is 25.2 Å². The van der Waals surface area contributed by atoms with Gasteiger partial charge in [-0.05, 0) is 94.3 Å². The first-order valence-electron chi connectivity index (χ1n) is 14.8. The Balaban J connectivity index is 1.84. The van der Waals surface area contributed by atoms with Gasteiger partial charge in [-0.15, -0.1) is 0 Å². The first-order chi connectivity index (χ1) is 21.2. The van der Waals surface area contributed by atoms with Gasteiger partial charge in [-0.3, -0.25) is 4.79 Å². The van der Waals surface area contributed by atoms with E-state index in [9.17, 15) is 49.1 Å². The molecule has 3 fully saturated rings. The van der Waals surface area contributed by atoms with E-state index < -0.39 is 67.5 Å². The van der Waals surface area contributed by atoms with Crippen LogP contribution < -0.4 is 5.32 Å². The van der Waals surface area contributed by atoms with Gasteiger partial charge in [-0.1, -0.05) is 18.7 Å². The van der Waals surface area contributed by atoms with E-state index in [2.05, 4.69) is 11.9 Å². The number of likely N-dealkylation sites (tertiary alicyclic amines) is 1. The molecule has 46 heavy (non-hydrogen) atoms. The Labute approximate surface area is 262 Å². The summed E-state index contributed by atoms with van der Waals surface area (Å²) in [6, 6.07) is 2.88. The van der Waals surface area contributed by atoms with Gasteiger partial charge in [-0.2, -0.15) is 26.3 Å². The van der Waals surface area contributed by atoms with Crippen molar-refractivity contribution in [2.75, 3.05) is 20.1 Å². The number of carbonyl (C=O) groups excluding carboxylic acids is 1. The molecule has 1 saturated heterocycles. The van der Waals surface area contributed by atoms with Gasteiger partial charge in [0.2, 0.25) is 0 Å². The molecule has 0 radical (unpaired) electrons. The molecule has 0 aromatic heterocycles. The number of sulfone groups is 1. The largest absolute Gasteiger partial charge is 0.435 e. The van der Waals surface area contributed by atoms with Gasteiger partial charge in [-0.25, -0.2) is 17.2 Å². The molecule has 3 atom stereocenters. The van der Waals surface area contributed by atoms with E-state index in [0.717, 1.165) is 31.2 Å². The minimum Gasteiger partial charge on any atom is -0.380 e. The second-order valence-electron chi connectivity index (χ2n) is 12.3. The molecule has 0 spiro atoms. The molecule has 2 saturated carbocycles. The van der Waals surface area contributed by atoms with Gasteiger partial charge in [0.15, 0.2) is 9.84 Å². The molecule has 1 amide bonds. The monoisotopic (exact) mass is 684 g/mol. The summed E-state index contributed by atoms with van der Waals surface area (Å²) >= 11 is 0. The molecule has 15 heteroatoms. The van der Waals surface area contributed by atoms with Crippen LogP contribution in [0.1, 0.15) is 51.9 Å². The van der Waals surface area contributed by atoms with Crippen LogP contribution in [0.15, 0.2) is 64.6 Å². The number of piperidine rings is 1. The first-order valence-corrected chi connectivity index (χ1v) is 16.3. The lowest BCUT2D eigenvalue weighted by Crippen LogP contribution is -2.57. The Morgan fingerprint density at radius 2 is 1.59 bits per heavy atom. The maximum atomic E-state index is 15.2. The van der Waals surface area contributed by atoms with Crippen LogP contribution in [-0.2, 0) is 14.6 Å². The van der Waals surface area contributed by atoms with Crippen molar-refractivity contribution in [3.05, 3.63) is 65.5 Å². The molecule has 1 heterocycles. The van der Waals surface area contributed by atoms with Crippen LogP contribution in [0, 0.1) is 11.7 Å². The van der Waals surface area contributed by atoms with Crippen molar-refractivity contribution in [2.45, 2.75) is 91.2 Å². The zero-order valence-corrected chi connectivity index (χ0v) is 26.1. The molecule has 0 bridgehead atoms. The molecule has 256 valence electrons. The second-order valence-corrected chi connectivity index (χ2v) is 14.6. The number of benzene rings is 1. The van der Waals surface area contributed by atoms with Gasteiger partial charge >= 0.3 is 18.0 Å². The summed E-state index contributed by atoms with van der Waals surface area (Å²) in [5.74, 6) is -2.47. The van der Waals surface area contributed by atoms with Gasteiger partial charge in [0, 0.05) is 30.6 Å². The number of nitrogens with one attached hydrogen (secondary N) is 1. The third kappa shape index (κ3) is 5.91. The molecular weight excluding hydrogens is 648 g/mol. The molecule has 4 rings (SSSR count). The third-order valence-corrected chi connectivity index (χ3v) is 12.4. The van der Waals surface area contributed by atoms with E-state index >= 15 is 4.39 Å². The van der Waals surface area contributed by atoms with Crippen LogP contribution in [-0.4, -0.2) is 78.9 Å². The molecule has 2 N–H and O–H groups in total. The zero-order chi connectivity index (χ0) is 34.5. The van der Waals surface area contributed by atoms with E-state index in [4.69, 9.17) is 0 Å². The molecule has 0 unspecified atom stereocenters. The minimum atomic E-state index is -6.40. The number of rotatable bonds is 6. The molecule has 2 aliphatic carbocycles. The van der Waals surface area contributed by atoms with Crippen LogP contribution in [0.25, 0.3) is 0 Å². The second kappa shape index (κ2) is 12.3. The fraction of sp³-hybridized carbons (Fsp3) is 0.581. The van der Waals surface area contributed by atoms with E-state index in [1.165, 1.54) is 0 Å². The molecule has 1 aromatic carbocycles. The van der Waals surface area contributed by atoms with Gasteiger partial charge < -0.3 is 15.3 Å². The van der Waals surface area contributed by atoms with E-state index in [1.807, 2.05) is 11.9 Å². The van der Waals surface area contributed by atoms with Gasteiger partial charge in [0.1, 0.15) is 16.2 Å². The highest BCUT2D eigenvalue weighted by molar-refractivity contribution is 7.93. The van der Waals surface area contributed by atoms with Crippen LogP contribution in [0.5, 0.6) is 0 Å². The maximum absolute atomic E-state index is 15.2. The summed E-state index contributed by atoms with van der Waals surface area (Å²) in [6.07, 6.45) is -12.3. The van der Waals surface area contributed by atoms with Crippen LogP contribution in [0.3, 0.4) is 0 Å². The highest BCUT2D eigenvalue weighted by Gasteiger charge is 2.74. The Bertz CT molecular complexity index is 1500. The van der Waals surface area contributed by atoms with Crippen LogP contribution >= 0.6 is 0 Å². The average molecular weight is 685 g/mol. The number of halogens is 8. The Morgan fingerprint density at radius 1 is 1.02 bits per heavy atom. The topological polar surface area (TPSA) is 86.7 Å². The Kier molecular flexibility index (Phi) is 9.68. The summed E-state index contributed by atoms with van der Waals surface area (Å²) < 4.78 is 138. The van der Waals surface area contributed by atoms with Crippen molar-refractivity contribution in [3.8, 4) is 0 Å². The maximum Gasteiger partial charge on any atom is 0.435 e. The number of hydrogen-bond acceptors (Lipinski definition) is 5. The standard InChI is InChI=1S/C31H36F8N2O4S/c1-4-21(29(33,30(34,35)36)31(37,38)39)18-20-6-5-7-24-25(40-26(42)27(43)14-16-41(3)17-15-27)12-13-28(24,19(20)2)46(44,45)23-10-8-22(32)9-11-23/h4,8-11,18,24-25,43H,2,5-7,12-17H2,1,3H3,(H,40,42)/b20-18-,21-4+/t24-,25+,28+/m0/s1. The van der Waals surface area contributed by atoms with Crippen molar-refractivity contribution >= 4 is 15.7 Å². The van der Waals surface area contributed by atoms with Crippen LogP contribution in [0.4, 0.5) is 35.1 Å². The SMILES string of the molecule is C=C1/C(=C\C(=C/C)C(F)(C(F)(F)F)C(F)(F)F)CCC[C@H]2[C@H](NC(=O)C3(O)CCN(C)CC3)CC[C@@]12S(=O)(=O)c1ccc(F)cc1. The lowest BCUT2D eigenvalue weighted by atomic mass is 9.82. The van der Waals surface area contributed by atoms with Crippen molar-refractivity contribution in [3.63, 3.8) is 0 Å². The van der Waals surface area contributed by atoms with Crippen molar-refractivity contribution in [1.29, 1.82) is 0 Å². The number of fused-ring (bicyclic) bond motifs is 1. The first kappa shape index (κ1) is 36.1. The summed E-state index contributed by atoms with van der Waals surface area (Å²) in [5, 5.41) is 13.9. The highest BCUT2D eigenvalue weighted by Crippen LogP contribution is 2.57. The van der Waals surface area contributed by atoms with E-state index in [1.54, 1.807) is 0 Å². The number of carbonyl (C=O) groups is 1. The number of aliphatic hydroxyl groups is 1. The summed E-state index contributed by atoms with van der Waals surface area (Å²) in [5.41, 5.74) is -9.92. The van der Waals surface area contributed by atoms with Crippen molar-refractivity contribution in [1.82, 2.24) is 10.2 Å². The summed E-state index contributed by atoms with van der Waals surface area (Å²) in [7, 11) is -2.80. The van der Waals surface area contributed by atoms with Gasteiger partial charge in [0.25, 0.3) is 5.91 Å². The predicted octanol–water partition coefficient (Wildman–Crippen LogP) is 6.14. The third-order valence-electron chi connectivity index (χ3n) is 9.75. The number of alkyl halides is 7. The van der Waals surface area contributed by atoms with Crippen LogP contribution in [0.2, 0.25) is 0 Å². The molecule has 3 aliphatic rings. The molecule has 1 aromatic rings. The molecule has 6 nitrogen and oxygen atoms in total.